The maximum atomic E-state index is 3.76. The van der Waals surface area contributed by atoms with Crippen LogP contribution in [0.3, 0.4) is 0 Å². The molecular weight excluding hydrogens is 168 g/mol. The maximum absolute atomic E-state index is 3.76. The first-order valence-corrected chi connectivity index (χ1v) is 5.65. The SMILES string of the molecule is C=CCC(=CC)CCC=C(C)CCC. The summed E-state index contributed by atoms with van der Waals surface area (Å²) >= 11 is 0. The molecule has 0 unspecified atom stereocenters. The highest BCUT2D eigenvalue weighted by Crippen LogP contribution is 2.13. The highest BCUT2D eigenvalue weighted by molar-refractivity contribution is 5.07. The van der Waals surface area contributed by atoms with Gasteiger partial charge >= 0.3 is 0 Å². The molecule has 0 bridgehead atoms. The van der Waals surface area contributed by atoms with Crippen LogP contribution in [0.4, 0.5) is 0 Å². The third-order valence-corrected chi connectivity index (χ3v) is 2.42. The predicted octanol–water partition coefficient (Wildman–Crippen LogP) is 5.04. The van der Waals surface area contributed by atoms with Gasteiger partial charge in [-0.2, -0.15) is 0 Å². The van der Waals surface area contributed by atoms with E-state index in [1.807, 2.05) is 6.08 Å². The Balaban J connectivity index is 3.81. The minimum absolute atomic E-state index is 1.04. The van der Waals surface area contributed by atoms with E-state index in [0.717, 1.165) is 6.42 Å². The lowest BCUT2D eigenvalue weighted by molar-refractivity contribution is 0.874. The van der Waals surface area contributed by atoms with Gasteiger partial charge in [-0.05, 0) is 39.5 Å². The monoisotopic (exact) mass is 192 g/mol. The highest BCUT2D eigenvalue weighted by atomic mass is 14.0. The molecule has 0 amide bonds. The molecule has 0 spiro atoms. The molecule has 0 nitrogen and oxygen atoms in total. The van der Waals surface area contributed by atoms with Crippen molar-refractivity contribution in [3.05, 3.63) is 36.0 Å². The van der Waals surface area contributed by atoms with Crippen molar-refractivity contribution in [1.29, 1.82) is 0 Å². The summed E-state index contributed by atoms with van der Waals surface area (Å²) in [5, 5.41) is 0. The predicted molar refractivity (Wildman–Crippen MR) is 66.5 cm³/mol. The smallest absolute Gasteiger partial charge is 0.0142 e. The molecule has 0 aliphatic heterocycles. The molecule has 0 heterocycles. The number of hydrogen-bond donors (Lipinski definition) is 0. The first-order valence-electron chi connectivity index (χ1n) is 5.65. The molecule has 0 fully saturated rings. The molecule has 0 saturated heterocycles. The van der Waals surface area contributed by atoms with Gasteiger partial charge in [0.1, 0.15) is 0 Å². The number of rotatable bonds is 7. The van der Waals surface area contributed by atoms with Crippen molar-refractivity contribution in [2.75, 3.05) is 0 Å². The summed E-state index contributed by atoms with van der Waals surface area (Å²) < 4.78 is 0. The van der Waals surface area contributed by atoms with Gasteiger partial charge in [-0.1, -0.05) is 42.7 Å². The van der Waals surface area contributed by atoms with E-state index in [1.54, 1.807) is 0 Å². The minimum atomic E-state index is 1.04. The fourth-order valence-electron chi connectivity index (χ4n) is 1.55. The average molecular weight is 192 g/mol. The fraction of sp³-hybridized carbons (Fsp3) is 0.571. The van der Waals surface area contributed by atoms with Crippen molar-refractivity contribution in [2.45, 2.75) is 52.9 Å². The van der Waals surface area contributed by atoms with Gasteiger partial charge in [0.05, 0.1) is 0 Å². The van der Waals surface area contributed by atoms with E-state index in [-0.39, 0.29) is 0 Å². The van der Waals surface area contributed by atoms with Crippen LogP contribution in [0, 0.1) is 0 Å². The molecular formula is C14H24. The van der Waals surface area contributed by atoms with Crippen LogP contribution in [0.5, 0.6) is 0 Å². The summed E-state index contributed by atoms with van der Waals surface area (Å²) in [5.74, 6) is 0. The van der Waals surface area contributed by atoms with Gasteiger partial charge in [0.15, 0.2) is 0 Å². The molecule has 0 aromatic carbocycles. The van der Waals surface area contributed by atoms with E-state index in [0.29, 0.717) is 0 Å². The van der Waals surface area contributed by atoms with Crippen LogP contribution in [-0.2, 0) is 0 Å². The Labute approximate surface area is 89.4 Å². The van der Waals surface area contributed by atoms with Gasteiger partial charge in [-0.3, -0.25) is 0 Å². The quantitative estimate of drug-likeness (QED) is 0.496. The summed E-state index contributed by atoms with van der Waals surface area (Å²) in [4.78, 5) is 0. The van der Waals surface area contributed by atoms with Gasteiger partial charge in [0.2, 0.25) is 0 Å². The van der Waals surface area contributed by atoms with Gasteiger partial charge in [0, 0.05) is 0 Å². The van der Waals surface area contributed by atoms with Crippen molar-refractivity contribution < 1.29 is 0 Å². The Hall–Kier alpha value is -0.780. The lowest BCUT2D eigenvalue weighted by Crippen LogP contribution is -1.82. The van der Waals surface area contributed by atoms with E-state index in [4.69, 9.17) is 0 Å². The first kappa shape index (κ1) is 13.2. The summed E-state index contributed by atoms with van der Waals surface area (Å²) in [6.45, 7) is 10.3. The van der Waals surface area contributed by atoms with Crippen LogP contribution >= 0.6 is 0 Å². The van der Waals surface area contributed by atoms with E-state index < -0.39 is 0 Å². The highest BCUT2D eigenvalue weighted by Gasteiger charge is 1.92. The number of hydrogen-bond acceptors (Lipinski definition) is 0. The summed E-state index contributed by atoms with van der Waals surface area (Å²) in [6, 6.07) is 0. The second kappa shape index (κ2) is 8.80. The summed E-state index contributed by atoms with van der Waals surface area (Å²) in [5.41, 5.74) is 3.03. The Morgan fingerprint density at radius 3 is 2.50 bits per heavy atom. The zero-order valence-corrected chi connectivity index (χ0v) is 9.97. The number of allylic oxidation sites excluding steroid dienone is 5. The topological polar surface area (TPSA) is 0 Å². The molecule has 0 rings (SSSR count). The van der Waals surface area contributed by atoms with Crippen molar-refractivity contribution in [2.24, 2.45) is 0 Å². The zero-order chi connectivity index (χ0) is 10.8. The molecule has 0 heteroatoms. The first-order chi connectivity index (χ1) is 6.74. The molecule has 14 heavy (non-hydrogen) atoms. The van der Waals surface area contributed by atoms with Crippen molar-refractivity contribution in [3.63, 3.8) is 0 Å². The summed E-state index contributed by atoms with van der Waals surface area (Å²) in [6.07, 6.45) is 12.5. The molecule has 80 valence electrons. The van der Waals surface area contributed by atoms with Crippen molar-refractivity contribution in [3.8, 4) is 0 Å². The van der Waals surface area contributed by atoms with Crippen LogP contribution in [-0.4, -0.2) is 0 Å². The van der Waals surface area contributed by atoms with Crippen LogP contribution in [0.1, 0.15) is 52.9 Å². The van der Waals surface area contributed by atoms with Crippen LogP contribution in [0.15, 0.2) is 36.0 Å². The van der Waals surface area contributed by atoms with Gasteiger partial charge in [-0.25, -0.2) is 0 Å². The second-order valence-electron chi connectivity index (χ2n) is 3.78. The average Bonchev–Trinajstić information content (AvgIpc) is 2.17. The molecule has 0 aliphatic rings. The lowest BCUT2D eigenvalue weighted by atomic mass is 10.0. The standard InChI is InChI=1S/C14H24/c1-5-9-13(4)11-8-12-14(7-3)10-6-2/h6-7,11H,2,5,8-10,12H2,1,3-4H3. The third-order valence-electron chi connectivity index (χ3n) is 2.42. The van der Waals surface area contributed by atoms with E-state index in [9.17, 15) is 0 Å². The normalized spacial score (nSPS) is 13.1. The molecule has 0 aromatic heterocycles. The van der Waals surface area contributed by atoms with Crippen LogP contribution in [0.2, 0.25) is 0 Å². The zero-order valence-electron chi connectivity index (χ0n) is 9.97. The Morgan fingerprint density at radius 2 is 2.00 bits per heavy atom. The molecule has 0 atom stereocenters. The lowest BCUT2D eigenvalue weighted by Gasteiger charge is -2.02. The molecule has 0 aliphatic carbocycles. The Morgan fingerprint density at radius 1 is 1.29 bits per heavy atom. The molecule has 0 N–H and O–H groups in total. The van der Waals surface area contributed by atoms with E-state index in [1.165, 1.54) is 36.8 Å². The second-order valence-corrected chi connectivity index (χ2v) is 3.78. The largest absolute Gasteiger partial charge is 0.103 e. The fourth-order valence-corrected chi connectivity index (χ4v) is 1.55. The van der Waals surface area contributed by atoms with E-state index in [2.05, 4.69) is 39.5 Å². The summed E-state index contributed by atoms with van der Waals surface area (Å²) in [7, 11) is 0. The minimum Gasteiger partial charge on any atom is -0.103 e. The Bertz CT molecular complexity index is 206. The van der Waals surface area contributed by atoms with Crippen LogP contribution < -0.4 is 0 Å². The van der Waals surface area contributed by atoms with Crippen LogP contribution in [0.25, 0.3) is 0 Å². The van der Waals surface area contributed by atoms with Crippen molar-refractivity contribution >= 4 is 0 Å². The molecule has 0 radical (unpaired) electrons. The van der Waals surface area contributed by atoms with Crippen molar-refractivity contribution in [1.82, 2.24) is 0 Å². The molecule has 0 aromatic rings. The maximum Gasteiger partial charge on any atom is -0.0142 e. The van der Waals surface area contributed by atoms with Gasteiger partial charge in [-0.15, -0.1) is 6.58 Å². The third kappa shape index (κ3) is 6.71. The van der Waals surface area contributed by atoms with E-state index >= 15 is 0 Å². The van der Waals surface area contributed by atoms with Gasteiger partial charge in [0.25, 0.3) is 0 Å². The molecule has 0 saturated carbocycles. The van der Waals surface area contributed by atoms with Gasteiger partial charge < -0.3 is 0 Å². The Kier molecular flexibility index (Phi) is 8.31.